The summed E-state index contributed by atoms with van der Waals surface area (Å²) in [5.41, 5.74) is 8.67. The first-order chi connectivity index (χ1) is 49.5. The Kier molecular flexibility index (Phi) is 42.6. The molecule has 0 spiro atoms. The van der Waals surface area contributed by atoms with Gasteiger partial charge < -0.3 is 56.8 Å². The van der Waals surface area contributed by atoms with E-state index in [1.165, 1.54) is 22.7 Å². The number of benzene rings is 4. The zero-order chi connectivity index (χ0) is 76.4. The number of esters is 8. The molecule has 4 heterocycles. The summed E-state index contributed by atoms with van der Waals surface area (Å²) in [5, 5.41) is 1.28. The average Bonchev–Trinajstić information content (AvgIpc) is 1.71. The van der Waals surface area contributed by atoms with Gasteiger partial charge in [-0.3, -0.25) is 0 Å². The molecule has 0 aliphatic carbocycles. The molecule has 4 aromatic heterocycles. The Labute approximate surface area is 650 Å². The smallest absolute Gasteiger partial charge is 0.335 e. The SMILES string of the molecule is C.C.C.C.C=C(C)C(=O)OCOc1ccc(-c2ccc(COC(=O)C(=C)C)cc2)s1.C=C(C)C(=O)OCOc1ccc(-c2ccc(COC(=O)C(=C)C)s2)cc1.C=C(C)C(=O)OCOc1ccc(-c2ccc(OCOC(=O)C(=C)C)s2)cc1.C=C(C)C(=O)OCc1ccc(-c2ccc(COC(=O)C(=C)C)s2)cc1. The topological polar surface area (TPSA) is 247 Å². The average molecular weight is 1550 g/mol. The molecule has 0 bridgehead atoms. The van der Waals surface area contributed by atoms with Crippen molar-refractivity contribution in [2.75, 3.05) is 27.2 Å². The van der Waals surface area contributed by atoms with Crippen molar-refractivity contribution in [2.45, 2.75) is 112 Å². The molecule has 0 aliphatic rings. The lowest BCUT2D eigenvalue weighted by Crippen LogP contribution is -2.10. The third-order valence-electron chi connectivity index (χ3n) is 13.1. The lowest BCUT2D eigenvalue weighted by Gasteiger charge is -2.07. The van der Waals surface area contributed by atoms with Crippen LogP contribution in [0.15, 0.2) is 243 Å². The molecule has 0 saturated heterocycles. The van der Waals surface area contributed by atoms with E-state index in [0.717, 1.165) is 62.6 Å². The second kappa shape index (κ2) is 48.6. The van der Waals surface area contributed by atoms with Gasteiger partial charge >= 0.3 is 47.8 Å². The number of thiophene rings is 4. The first-order valence-electron chi connectivity index (χ1n) is 31.4. The summed E-state index contributed by atoms with van der Waals surface area (Å²) in [6.07, 6.45) is 0. The van der Waals surface area contributed by atoms with Crippen molar-refractivity contribution < 1.29 is 95.2 Å². The van der Waals surface area contributed by atoms with Crippen LogP contribution in [0.4, 0.5) is 0 Å². The van der Waals surface area contributed by atoms with Gasteiger partial charge in [-0.2, -0.15) is 0 Å². The van der Waals surface area contributed by atoms with Crippen LogP contribution in [0.3, 0.4) is 0 Å². The molecule has 24 heteroatoms. The minimum Gasteiger partial charge on any atom is -0.457 e. The van der Waals surface area contributed by atoms with Crippen LogP contribution >= 0.6 is 45.3 Å². The van der Waals surface area contributed by atoms with Crippen LogP contribution in [0.5, 0.6) is 21.6 Å². The molecule has 108 heavy (non-hydrogen) atoms. The van der Waals surface area contributed by atoms with E-state index in [9.17, 15) is 38.4 Å². The van der Waals surface area contributed by atoms with Crippen LogP contribution in [0.2, 0.25) is 0 Å². The minimum atomic E-state index is -0.494. The van der Waals surface area contributed by atoms with E-state index < -0.39 is 41.8 Å². The lowest BCUT2D eigenvalue weighted by molar-refractivity contribution is -0.146. The highest BCUT2D eigenvalue weighted by Crippen LogP contribution is 2.36. The molecule has 8 rings (SSSR count). The van der Waals surface area contributed by atoms with Gasteiger partial charge in [0.25, 0.3) is 0 Å². The van der Waals surface area contributed by atoms with E-state index >= 15 is 0 Å². The molecular weight excluding hydrogens is 1460 g/mol. The number of hydrogen-bond acceptors (Lipinski definition) is 24. The van der Waals surface area contributed by atoms with Crippen LogP contribution in [0, 0.1) is 0 Å². The van der Waals surface area contributed by atoms with Gasteiger partial charge in [-0.05, 0) is 186 Å². The summed E-state index contributed by atoms with van der Waals surface area (Å²) >= 11 is 5.97. The second-order valence-corrected chi connectivity index (χ2v) is 27.0. The van der Waals surface area contributed by atoms with E-state index in [-0.39, 0.29) is 89.3 Å². The zero-order valence-corrected chi connectivity index (χ0v) is 62.2. The minimum absolute atomic E-state index is 0. The van der Waals surface area contributed by atoms with Gasteiger partial charge in [0, 0.05) is 73.8 Å². The fraction of sp³-hybridized carbons (Fsp3) is 0.238. The van der Waals surface area contributed by atoms with Crippen LogP contribution in [-0.2, 0) is 103 Å². The second-order valence-electron chi connectivity index (χ2n) is 22.5. The quantitative estimate of drug-likeness (QED) is 0.0164. The summed E-state index contributed by atoms with van der Waals surface area (Å²) in [4.78, 5) is 96.8. The molecule has 8 aromatic rings. The highest BCUT2D eigenvalue weighted by atomic mass is 32.1. The highest BCUT2D eigenvalue weighted by Gasteiger charge is 2.14. The van der Waals surface area contributed by atoms with Gasteiger partial charge in [0.15, 0.2) is 10.1 Å². The van der Waals surface area contributed by atoms with E-state index in [1.807, 2.05) is 115 Å². The molecule has 0 saturated carbocycles. The Morgan fingerprint density at radius 3 is 0.722 bits per heavy atom. The third-order valence-corrected chi connectivity index (χ3v) is 17.4. The van der Waals surface area contributed by atoms with Gasteiger partial charge in [-0.1, -0.05) is 154 Å². The number of rotatable bonds is 32. The molecule has 0 unspecified atom stereocenters. The monoisotopic (exact) mass is 1550 g/mol. The van der Waals surface area contributed by atoms with E-state index in [2.05, 4.69) is 52.6 Å². The van der Waals surface area contributed by atoms with Crippen LogP contribution in [0.1, 0.15) is 106 Å². The van der Waals surface area contributed by atoms with Gasteiger partial charge in [0.05, 0.1) is 0 Å². The largest absolute Gasteiger partial charge is 0.457 e. The van der Waals surface area contributed by atoms with Crippen LogP contribution in [-0.4, -0.2) is 74.9 Å². The summed E-state index contributed by atoms with van der Waals surface area (Å²) in [7, 11) is 0. The van der Waals surface area contributed by atoms with Crippen molar-refractivity contribution >= 4 is 93.1 Å². The molecule has 0 N–H and O–H groups in total. The summed E-state index contributed by atoms with van der Waals surface area (Å²) in [6, 6.07) is 45.5. The number of carbonyl (C=O) groups excluding carboxylic acids is 8. The lowest BCUT2D eigenvalue weighted by atomic mass is 10.1. The molecular formula is C84H96O20S4. The molecule has 0 fully saturated rings. The molecule has 0 amide bonds. The molecule has 0 atom stereocenters. The molecule has 4 aromatic carbocycles. The van der Waals surface area contributed by atoms with Crippen molar-refractivity contribution in [2.24, 2.45) is 0 Å². The Balaban J connectivity index is 0.000000711. The Morgan fingerprint density at radius 1 is 0.250 bits per heavy atom. The van der Waals surface area contributed by atoms with Gasteiger partial charge in [0.2, 0.25) is 27.2 Å². The zero-order valence-electron chi connectivity index (χ0n) is 59.0. The Bertz CT molecular complexity index is 4390. The maximum absolute atomic E-state index is 11.4. The third kappa shape index (κ3) is 33.8. The summed E-state index contributed by atoms with van der Waals surface area (Å²) < 4.78 is 61.6. The van der Waals surface area contributed by atoms with Crippen molar-refractivity contribution in [1.82, 2.24) is 0 Å². The summed E-state index contributed by atoms with van der Waals surface area (Å²) in [5.74, 6) is -2.36. The van der Waals surface area contributed by atoms with E-state index in [1.54, 1.807) is 108 Å². The standard InChI is InChI=1S/C20H20O6S.2C20H20O5S.C20H20O4S.4CH4/c1-13(2)19(21)25-11-23-16-7-5-15(6-8-16)17-9-10-18(27-17)24-12-26-20(22)14(3)4;1-13(2)19(21)23-11-17-9-10-18(26-17)15-5-7-16(8-6-15)24-12-25-20(22)14(3)4;1-13(2)19(21)23-11-15-5-7-16(8-6-15)17-9-10-18(26-17)24-12-25-20(22)14(3)4;1-13(2)19(21)23-11-15-5-7-16(8-6-15)18-10-9-17(25-18)12-24-20(22)14(3)4;;;;/h5-10H,1,3,11-12H2,2,4H3;2*5-10H,1,3,11-12H2,2,4H3;5-10H,1,3,11-12H2,2,4H3;4*1H4. The predicted molar refractivity (Wildman–Crippen MR) is 430 cm³/mol. The van der Waals surface area contributed by atoms with Gasteiger partial charge in [0.1, 0.15) is 37.9 Å². The normalized spacial score (nSPS) is 9.70. The first kappa shape index (κ1) is 94.6. The fourth-order valence-corrected chi connectivity index (χ4v) is 11.0. The molecule has 0 radical (unpaired) electrons. The predicted octanol–water partition coefficient (Wildman–Crippen LogP) is 20.5. The van der Waals surface area contributed by atoms with Crippen LogP contribution in [0.25, 0.3) is 41.8 Å². The van der Waals surface area contributed by atoms with Crippen molar-refractivity contribution in [3.05, 3.63) is 264 Å². The number of carbonyl (C=O) groups is 8. The maximum atomic E-state index is 11.4. The number of hydrogen-bond donors (Lipinski definition) is 0. The van der Waals surface area contributed by atoms with Gasteiger partial charge in [-0.15, -0.1) is 22.7 Å². The van der Waals surface area contributed by atoms with E-state index in [0.29, 0.717) is 66.2 Å². The maximum Gasteiger partial charge on any atom is 0.335 e. The number of ether oxygens (including phenoxy) is 12. The van der Waals surface area contributed by atoms with Crippen LogP contribution < -0.4 is 18.9 Å². The van der Waals surface area contributed by atoms with Crippen molar-refractivity contribution in [3.63, 3.8) is 0 Å². The fourth-order valence-electron chi connectivity index (χ4n) is 7.43. The Morgan fingerprint density at radius 2 is 0.463 bits per heavy atom. The highest BCUT2D eigenvalue weighted by molar-refractivity contribution is 7.17. The Hall–Kier alpha value is -11.4. The van der Waals surface area contributed by atoms with Crippen molar-refractivity contribution in [1.29, 1.82) is 0 Å². The summed E-state index contributed by atoms with van der Waals surface area (Å²) in [6.45, 7) is 41.2. The molecule has 20 nitrogen and oxygen atoms in total. The molecule has 576 valence electrons. The molecule has 0 aliphatic heterocycles. The van der Waals surface area contributed by atoms with E-state index in [4.69, 9.17) is 56.8 Å². The van der Waals surface area contributed by atoms with Crippen molar-refractivity contribution in [3.8, 4) is 63.4 Å². The first-order valence-corrected chi connectivity index (χ1v) is 34.6. The van der Waals surface area contributed by atoms with Gasteiger partial charge in [-0.25, -0.2) is 38.4 Å².